The van der Waals surface area contributed by atoms with Gasteiger partial charge < -0.3 is 9.90 Å². The monoisotopic (exact) mass is 381 g/mol. The van der Waals surface area contributed by atoms with E-state index < -0.39 is 38.5 Å². The number of pyridine rings is 1. The predicted molar refractivity (Wildman–Crippen MR) is 95.0 cm³/mol. The van der Waals surface area contributed by atoms with E-state index >= 15 is 0 Å². The predicted octanol–water partition coefficient (Wildman–Crippen LogP) is 0.223. The van der Waals surface area contributed by atoms with Gasteiger partial charge in [-0.2, -0.15) is 0 Å². The van der Waals surface area contributed by atoms with Crippen LogP contribution in [-0.2, 0) is 19.4 Å². The molecule has 27 heavy (non-hydrogen) atoms. The summed E-state index contributed by atoms with van der Waals surface area (Å²) in [5, 5.41) is 10.4. The number of sulfone groups is 1. The number of rotatable bonds is 3. The summed E-state index contributed by atoms with van der Waals surface area (Å²) in [5.74, 6) is -2.76. The molecule has 2 aromatic rings. The van der Waals surface area contributed by atoms with Gasteiger partial charge in [0, 0.05) is 11.8 Å². The van der Waals surface area contributed by atoms with Crippen molar-refractivity contribution in [3.8, 4) is 0 Å². The van der Waals surface area contributed by atoms with E-state index in [4.69, 9.17) is 0 Å². The molecule has 1 aromatic carbocycles. The standard InChI is InChI=1S/C19H14N2O5S/c22-17-14(10-13-8-4-5-9-20-13)18-21(17)16(19(23)24)15(11-27(18,25)26)12-6-2-1-3-7-12/h1-10,18H,11H2,(H,23,24)/p-1/b14-10-/t18-/m1/s1. The number of carboxylic acid groups (broad SMARTS) is 1. The molecule has 1 amide bonds. The first kappa shape index (κ1) is 17.2. The largest absolute Gasteiger partial charge is 0.543 e. The molecule has 2 aliphatic rings. The summed E-state index contributed by atoms with van der Waals surface area (Å²) in [6.07, 6.45) is 2.89. The number of hydrogen-bond acceptors (Lipinski definition) is 6. The Morgan fingerprint density at radius 2 is 1.85 bits per heavy atom. The Morgan fingerprint density at radius 1 is 1.15 bits per heavy atom. The van der Waals surface area contributed by atoms with Gasteiger partial charge in [0.05, 0.1) is 28.7 Å². The molecule has 2 aliphatic heterocycles. The van der Waals surface area contributed by atoms with Crippen LogP contribution >= 0.6 is 0 Å². The fourth-order valence-electron chi connectivity index (χ4n) is 3.33. The van der Waals surface area contributed by atoms with E-state index in [-0.39, 0.29) is 11.1 Å². The number of carbonyl (C=O) groups is 2. The molecule has 1 atom stereocenters. The highest BCUT2D eigenvalue weighted by atomic mass is 32.2. The fraction of sp³-hybridized carbons (Fsp3) is 0.105. The number of fused-ring (bicyclic) bond motifs is 1. The van der Waals surface area contributed by atoms with E-state index in [0.717, 1.165) is 4.90 Å². The van der Waals surface area contributed by atoms with Gasteiger partial charge in [0.1, 0.15) is 0 Å². The van der Waals surface area contributed by atoms with Crippen molar-refractivity contribution in [3.63, 3.8) is 0 Å². The first-order valence-corrected chi connectivity index (χ1v) is 9.79. The van der Waals surface area contributed by atoms with Crippen molar-refractivity contribution in [3.05, 3.63) is 77.3 Å². The maximum atomic E-state index is 12.8. The molecule has 0 radical (unpaired) electrons. The number of aromatic nitrogens is 1. The maximum absolute atomic E-state index is 12.8. The van der Waals surface area contributed by atoms with Crippen LogP contribution < -0.4 is 5.11 Å². The number of benzene rings is 1. The van der Waals surface area contributed by atoms with Gasteiger partial charge in [-0.1, -0.05) is 36.4 Å². The van der Waals surface area contributed by atoms with Crippen molar-refractivity contribution < 1.29 is 23.1 Å². The van der Waals surface area contributed by atoms with Crippen molar-refractivity contribution in [1.82, 2.24) is 9.88 Å². The lowest BCUT2D eigenvalue weighted by atomic mass is 9.98. The summed E-state index contributed by atoms with van der Waals surface area (Å²) in [6, 6.07) is 13.3. The summed E-state index contributed by atoms with van der Waals surface area (Å²) in [7, 11) is -3.83. The third-order valence-electron chi connectivity index (χ3n) is 4.49. The highest BCUT2D eigenvalue weighted by Gasteiger charge is 2.55. The van der Waals surface area contributed by atoms with Crippen LogP contribution in [0.5, 0.6) is 0 Å². The molecule has 4 rings (SSSR count). The normalized spacial score (nSPS) is 22.4. The zero-order valence-corrected chi connectivity index (χ0v) is 14.7. The number of carboxylic acids is 1. The summed E-state index contributed by atoms with van der Waals surface area (Å²) in [5.41, 5.74) is 0.498. The van der Waals surface area contributed by atoms with Crippen LogP contribution in [0.3, 0.4) is 0 Å². The quantitative estimate of drug-likeness (QED) is 0.556. The Hall–Kier alpha value is -3.26. The van der Waals surface area contributed by atoms with Crippen LogP contribution in [0.4, 0.5) is 0 Å². The molecule has 3 heterocycles. The number of carbonyl (C=O) groups excluding carboxylic acids is 2. The van der Waals surface area contributed by atoms with E-state index in [1.807, 2.05) is 0 Å². The molecule has 136 valence electrons. The summed E-state index contributed by atoms with van der Waals surface area (Å²) >= 11 is 0. The molecule has 1 fully saturated rings. The van der Waals surface area contributed by atoms with E-state index in [1.165, 1.54) is 12.3 Å². The van der Waals surface area contributed by atoms with Crippen molar-refractivity contribution in [2.45, 2.75) is 5.37 Å². The first-order chi connectivity index (χ1) is 12.9. The van der Waals surface area contributed by atoms with Crippen LogP contribution in [0, 0.1) is 0 Å². The summed E-state index contributed by atoms with van der Waals surface area (Å²) in [4.78, 5) is 29.2. The number of amides is 1. The third-order valence-corrected chi connectivity index (χ3v) is 6.32. The Bertz CT molecular complexity index is 1110. The Kier molecular flexibility index (Phi) is 3.92. The second-order valence-corrected chi connectivity index (χ2v) is 8.23. The topological polar surface area (TPSA) is 107 Å². The van der Waals surface area contributed by atoms with Gasteiger partial charge in [-0.15, -0.1) is 0 Å². The van der Waals surface area contributed by atoms with Crippen LogP contribution in [-0.4, -0.2) is 41.3 Å². The minimum absolute atomic E-state index is 0.000406. The number of nitrogens with zero attached hydrogens (tertiary/aromatic N) is 2. The SMILES string of the molecule is O=C([O-])C1=C(c2ccccc2)CS(=O)(=O)[C@@H]2/C(=C\c3ccccn3)C(=O)N12. The molecule has 0 unspecified atom stereocenters. The maximum Gasteiger partial charge on any atom is 0.258 e. The number of hydrogen-bond donors (Lipinski definition) is 0. The molecule has 0 saturated carbocycles. The average Bonchev–Trinajstić information content (AvgIpc) is 2.66. The minimum atomic E-state index is -3.83. The lowest BCUT2D eigenvalue weighted by Gasteiger charge is -2.47. The molecule has 1 saturated heterocycles. The van der Waals surface area contributed by atoms with Crippen LogP contribution in [0.1, 0.15) is 11.3 Å². The second kappa shape index (κ2) is 6.17. The summed E-state index contributed by atoms with van der Waals surface area (Å²) in [6.45, 7) is 0. The average molecular weight is 381 g/mol. The van der Waals surface area contributed by atoms with Crippen LogP contribution in [0.15, 0.2) is 66.0 Å². The minimum Gasteiger partial charge on any atom is -0.543 e. The highest BCUT2D eigenvalue weighted by Crippen LogP contribution is 2.42. The van der Waals surface area contributed by atoms with Gasteiger partial charge in [0.2, 0.25) is 0 Å². The molecular formula is C19H13N2O5S-. The van der Waals surface area contributed by atoms with Gasteiger partial charge in [0.15, 0.2) is 15.2 Å². The highest BCUT2D eigenvalue weighted by molar-refractivity contribution is 7.92. The van der Waals surface area contributed by atoms with Gasteiger partial charge in [-0.25, -0.2) is 8.42 Å². The zero-order valence-electron chi connectivity index (χ0n) is 13.9. The van der Waals surface area contributed by atoms with Crippen LogP contribution in [0.2, 0.25) is 0 Å². The van der Waals surface area contributed by atoms with E-state index in [0.29, 0.717) is 11.3 Å². The molecule has 0 bridgehead atoms. The van der Waals surface area contributed by atoms with Gasteiger partial charge in [0.25, 0.3) is 5.91 Å². The summed E-state index contributed by atoms with van der Waals surface area (Å²) < 4.78 is 25.7. The molecule has 0 N–H and O–H groups in total. The lowest BCUT2D eigenvalue weighted by Crippen LogP contribution is -2.63. The Labute approximate surface area is 155 Å². The van der Waals surface area contributed by atoms with Crippen molar-refractivity contribution in [2.24, 2.45) is 0 Å². The van der Waals surface area contributed by atoms with Crippen LogP contribution in [0.25, 0.3) is 11.6 Å². The van der Waals surface area contributed by atoms with Crippen molar-refractivity contribution >= 4 is 33.4 Å². The third kappa shape index (κ3) is 2.74. The van der Waals surface area contributed by atoms with E-state index in [2.05, 4.69) is 4.98 Å². The Morgan fingerprint density at radius 3 is 2.48 bits per heavy atom. The van der Waals surface area contributed by atoms with E-state index in [9.17, 15) is 23.1 Å². The second-order valence-electron chi connectivity index (χ2n) is 6.17. The molecule has 8 heteroatoms. The zero-order chi connectivity index (χ0) is 19.2. The molecule has 0 spiro atoms. The molecule has 1 aromatic heterocycles. The number of aliphatic carboxylic acids is 1. The van der Waals surface area contributed by atoms with E-state index in [1.54, 1.807) is 48.5 Å². The number of β-lactam (4-membered cyclic amide) rings is 1. The first-order valence-electron chi connectivity index (χ1n) is 8.08. The van der Waals surface area contributed by atoms with Crippen molar-refractivity contribution in [2.75, 3.05) is 5.75 Å². The van der Waals surface area contributed by atoms with Gasteiger partial charge >= 0.3 is 0 Å². The lowest BCUT2D eigenvalue weighted by molar-refractivity contribution is -0.301. The smallest absolute Gasteiger partial charge is 0.258 e. The Balaban J connectivity index is 1.86. The fourth-order valence-corrected chi connectivity index (χ4v) is 5.27. The molecule has 7 nitrogen and oxygen atoms in total. The van der Waals surface area contributed by atoms with Crippen molar-refractivity contribution in [1.29, 1.82) is 0 Å². The molecule has 0 aliphatic carbocycles. The molecular weight excluding hydrogens is 368 g/mol. The van der Waals surface area contributed by atoms with Gasteiger partial charge in [-0.3, -0.25) is 14.7 Å². The van der Waals surface area contributed by atoms with Gasteiger partial charge in [-0.05, 0) is 23.8 Å².